The van der Waals surface area contributed by atoms with E-state index in [9.17, 15) is 8.42 Å². The van der Waals surface area contributed by atoms with Crippen molar-refractivity contribution in [3.63, 3.8) is 0 Å². The van der Waals surface area contributed by atoms with Gasteiger partial charge in [0, 0.05) is 32.7 Å². The normalized spacial score (nSPS) is 16.3. The van der Waals surface area contributed by atoms with Crippen LogP contribution in [0.5, 0.6) is 0 Å². The van der Waals surface area contributed by atoms with E-state index in [-0.39, 0.29) is 0 Å². The zero-order valence-corrected chi connectivity index (χ0v) is 17.9. The molecule has 0 saturated carbocycles. The first-order valence-electron chi connectivity index (χ1n) is 8.91. The van der Waals surface area contributed by atoms with Crippen LogP contribution in [0.4, 0.5) is 5.13 Å². The van der Waals surface area contributed by atoms with Crippen LogP contribution in [0.3, 0.4) is 0 Å². The van der Waals surface area contributed by atoms with Crippen molar-refractivity contribution in [2.75, 3.05) is 38.5 Å². The molecule has 148 valence electrons. The number of rotatable bonds is 6. The van der Waals surface area contributed by atoms with Gasteiger partial charge in [0.25, 0.3) is 0 Å². The number of hydrogen-bond donors (Lipinski definition) is 1. The van der Waals surface area contributed by atoms with Crippen molar-refractivity contribution in [2.24, 2.45) is 0 Å². The lowest BCUT2D eigenvalue weighted by atomic mass is 10.2. The fourth-order valence-corrected chi connectivity index (χ4v) is 5.88. The van der Waals surface area contributed by atoms with E-state index in [2.05, 4.69) is 20.4 Å². The number of aromatic nitrogens is 2. The van der Waals surface area contributed by atoms with E-state index in [4.69, 9.17) is 0 Å². The fraction of sp³-hybridized carbons (Fsp3) is 0.333. The Morgan fingerprint density at radius 3 is 2.50 bits per heavy atom. The first kappa shape index (κ1) is 19.5. The smallest absolute Gasteiger partial charge is 0.243 e. The Morgan fingerprint density at radius 2 is 1.82 bits per heavy atom. The van der Waals surface area contributed by atoms with Gasteiger partial charge in [-0.25, -0.2) is 8.42 Å². The predicted octanol–water partition coefficient (Wildman–Crippen LogP) is 2.81. The van der Waals surface area contributed by atoms with Crippen molar-refractivity contribution in [3.05, 3.63) is 47.3 Å². The lowest BCUT2D eigenvalue weighted by molar-refractivity contribution is 0.222. The van der Waals surface area contributed by atoms with E-state index in [0.717, 1.165) is 33.7 Å². The summed E-state index contributed by atoms with van der Waals surface area (Å²) < 4.78 is 27.1. The summed E-state index contributed by atoms with van der Waals surface area (Å²) in [5.41, 5.74) is 0.991. The quantitative estimate of drug-likeness (QED) is 0.642. The van der Waals surface area contributed by atoms with Gasteiger partial charge in [-0.1, -0.05) is 29.5 Å². The van der Waals surface area contributed by atoms with Crippen LogP contribution >= 0.6 is 22.7 Å². The molecule has 0 bridgehead atoms. The van der Waals surface area contributed by atoms with Crippen LogP contribution < -0.4 is 5.32 Å². The molecule has 0 unspecified atom stereocenters. The molecule has 28 heavy (non-hydrogen) atoms. The van der Waals surface area contributed by atoms with Gasteiger partial charge in [0.15, 0.2) is 5.01 Å². The van der Waals surface area contributed by atoms with Gasteiger partial charge in [0.05, 0.1) is 9.77 Å². The molecule has 1 aliphatic heterocycles. The van der Waals surface area contributed by atoms with Gasteiger partial charge in [-0.15, -0.1) is 21.5 Å². The van der Waals surface area contributed by atoms with E-state index in [1.54, 1.807) is 27.8 Å². The monoisotopic (exact) mass is 435 g/mol. The van der Waals surface area contributed by atoms with Crippen LogP contribution in [0.15, 0.2) is 46.7 Å². The molecule has 10 heteroatoms. The molecule has 2 aromatic heterocycles. The van der Waals surface area contributed by atoms with Crippen LogP contribution in [0.25, 0.3) is 9.88 Å². The van der Waals surface area contributed by atoms with Gasteiger partial charge < -0.3 is 10.2 Å². The number of benzene rings is 1. The Bertz CT molecular complexity index is 1010. The highest BCUT2D eigenvalue weighted by atomic mass is 32.2. The molecule has 3 heterocycles. The second-order valence-corrected chi connectivity index (χ2v) is 10.5. The standard InChI is InChI=1S/C18H21N5O2S3/c1-22-8-10-23(11-9-22)28(24,25)15-6-4-14(5-7-15)13-19-18-21-20-17(27-18)16-3-2-12-26-16/h2-7,12H,8-11,13H2,1H3,(H,19,21). The molecule has 0 amide bonds. The van der Waals surface area contributed by atoms with Gasteiger partial charge in [-0.2, -0.15) is 4.31 Å². The molecule has 3 aromatic rings. The maximum atomic E-state index is 12.8. The number of nitrogens with one attached hydrogen (secondary N) is 1. The van der Waals surface area contributed by atoms with E-state index in [0.29, 0.717) is 24.5 Å². The third kappa shape index (κ3) is 4.26. The van der Waals surface area contributed by atoms with Crippen LogP contribution in [0.2, 0.25) is 0 Å². The third-order valence-corrected chi connectivity index (χ3v) is 8.46. The van der Waals surface area contributed by atoms with Crippen molar-refractivity contribution in [2.45, 2.75) is 11.4 Å². The summed E-state index contributed by atoms with van der Waals surface area (Å²) in [7, 11) is -1.42. The minimum absolute atomic E-state index is 0.344. The third-order valence-electron chi connectivity index (χ3n) is 4.62. The Kier molecular flexibility index (Phi) is 5.74. The highest BCUT2D eigenvalue weighted by Gasteiger charge is 2.27. The first-order valence-corrected chi connectivity index (χ1v) is 12.0. The van der Waals surface area contributed by atoms with Gasteiger partial charge >= 0.3 is 0 Å². The molecule has 1 saturated heterocycles. The second-order valence-electron chi connectivity index (χ2n) is 6.59. The summed E-state index contributed by atoms with van der Waals surface area (Å²) in [6, 6.07) is 11.1. The minimum Gasteiger partial charge on any atom is -0.356 e. The lowest BCUT2D eigenvalue weighted by Gasteiger charge is -2.31. The SMILES string of the molecule is CN1CCN(S(=O)(=O)c2ccc(CNc3nnc(-c4cccs4)s3)cc2)CC1. The number of likely N-dealkylation sites (N-methyl/N-ethyl adjacent to an activating group) is 1. The fourth-order valence-electron chi connectivity index (χ4n) is 2.93. The molecular weight excluding hydrogens is 414 g/mol. The Balaban J connectivity index is 1.38. The van der Waals surface area contributed by atoms with Crippen molar-refractivity contribution >= 4 is 37.8 Å². The molecular formula is C18H21N5O2S3. The summed E-state index contributed by atoms with van der Waals surface area (Å²) in [5, 5.41) is 15.3. The molecule has 4 rings (SSSR count). The topological polar surface area (TPSA) is 78.4 Å². The zero-order chi connectivity index (χ0) is 19.6. The number of sulfonamides is 1. The molecule has 0 aliphatic carbocycles. The van der Waals surface area contributed by atoms with Crippen LogP contribution in [0, 0.1) is 0 Å². The number of anilines is 1. The Hall–Kier alpha value is -1.85. The van der Waals surface area contributed by atoms with Gasteiger partial charge in [-0.3, -0.25) is 0 Å². The highest BCUT2D eigenvalue weighted by Crippen LogP contribution is 2.29. The number of thiophene rings is 1. The summed E-state index contributed by atoms with van der Waals surface area (Å²) in [6.45, 7) is 3.15. The predicted molar refractivity (Wildman–Crippen MR) is 113 cm³/mol. The molecule has 1 N–H and O–H groups in total. The molecule has 0 radical (unpaired) electrons. The minimum atomic E-state index is -3.42. The largest absolute Gasteiger partial charge is 0.356 e. The second kappa shape index (κ2) is 8.26. The van der Waals surface area contributed by atoms with E-state index < -0.39 is 10.0 Å². The molecule has 0 spiro atoms. The van der Waals surface area contributed by atoms with Crippen LogP contribution in [-0.2, 0) is 16.6 Å². The molecule has 1 fully saturated rings. The van der Waals surface area contributed by atoms with Gasteiger partial charge in [0.1, 0.15) is 0 Å². The summed E-state index contributed by atoms with van der Waals surface area (Å²) in [4.78, 5) is 3.58. The van der Waals surface area contributed by atoms with Gasteiger partial charge in [-0.05, 0) is 36.2 Å². The number of piperazine rings is 1. The van der Waals surface area contributed by atoms with Gasteiger partial charge in [0.2, 0.25) is 15.2 Å². The summed E-state index contributed by atoms with van der Waals surface area (Å²) in [6.07, 6.45) is 0. The Labute approximate surface area is 172 Å². The van der Waals surface area contributed by atoms with Crippen molar-refractivity contribution in [1.82, 2.24) is 19.4 Å². The maximum absolute atomic E-state index is 12.8. The van der Waals surface area contributed by atoms with Crippen LogP contribution in [0.1, 0.15) is 5.56 Å². The average Bonchev–Trinajstić information content (AvgIpc) is 3.39. The Morgan fingerprint density at radius 1 is 1.07 bits per heavy atom. The zero-order valence-electron chi connectivity index (χ0n) is 15.4. The van der Waals surface area contributed by atoms with Crippen molar-refractivity contribution in [3.8, 4) is 9.88 Å². The maximum Gasteiger partial charge on any atom is 0.243 e. The molecule has 7 nitrogen and oxygen atoms in total. The molecule has 1 aliphatic rings. The van der Waals surface area contributed by atoms with E-state index in [1.165, 1.54) is 11.3 Å². The number of nitrogens with zero attached hydrogens (tertiary/aromatic N) is 4. The highest BCUT2D eigenvalue weighted by molar-refractivity contribution is 7.89. The van der Waals surface area contributed by atoms with Crippen molar-refractivity contribution < 1.29 is 8.42 Å². The first-order chi connectivity index (χ1) is 13.5. The number of hydrogen-bond acceptors (Lipinski definition) is 8. The molecule has 0 atom stereocenters. The van der Waals surface area contributed by atoms with E-state index in [1.807, 2.05) is 36.7 Å². The van der Waals surface area contributed by atoms with Crippen molar-refractivity contribution in [1.29, 1.82) is 0 Å². The average molecular weight is 436 g/mol. The van der Waals surface area contributed by atoms with E-state index >= 15 is 0 Å². The lowest BCUT2D eigenvalue weighted by Crippen LogP contribution is -2.46. The summed E-state index contributed by atoms with van der Waals surface area (Å²) in [5.74, 6) is 0. The van der Waals surface area contributed by atoms with Crippen LogP contribution in [-0.4, -0.2) is 61.0 Å². The molecule has 1 aromatic carbocycles. The summed E-state index contributed by atoms with van der Waals surface area (Å²) >= 11 is 3.14.